The zero-order valence-electron chi connectivity index (χ0n) is 14.2. The second-order valence-corrected chi connectivity index (χ2v) is 6.76. The molecule has 0 atom stereocenters. The molecule has 0 aliphatic heterocycles. The largest absolute Gasteiger partial charge is 0.444 e. The number of rotatable bonds is 3. The summed E-state index contributed by atoms with van der Waals surface area (Å²) < 4.78 is 33.1. The molecule has 1 aliphatic rings. The molecule has 26 heavy (non-hydrogen) atoms. The molecule has 4 rings (SSSR count). The van der Waals surface area contributed by atoms with Crippen LogP contribution in [-0.2, 0) is 0 Å². The third-order valence-corrected chi connectivity index (χ3v) is 5.06. The van der Waals surface area contributed by atoms with Crippen molar-refractivity contribution in [3.63, 3.8) is 0 Å². The quantitative estimate of drug-likeness (QED) is 0.693. The van der Waals surface area contributed by atoms with Crippen LogP contribution in [0.25, 0.3) is 22.7 Å². The molecule has 0 radical (unpaired) electrons. The van der Waals surface area contributed by atoms with E-state index in [1.807, 2.05) is 12.1 Å². The molecule has 134 valence electrons. The van der Waals surface area contributed by atoms with Gasteiger partial charge < -0.3 is 9.52 Å². The highest BCUT2D eigenvalue weighted by Gasteiger charge is 2.21. The Hall–Kier alpha value is -2.53. The van der Waals surface area contributed by atoms with Crippen LogP contribution in [0, 0.1) is 11.6 Å². The highest BCUT2D eigenvalue weighted by Crippen LogP contribution is 2.34. The predicted octanol–water partition coefficient (Wildman–Crippen LogP) is 5.31. The first-order valence-electron chi connectivity index (χ1n) is 8.80. The van der Waals surface area contributed by atoms with Crippen molar-refractivity contribution in [2.75, 3.05) is 0 Å². The van der Waals surface area contributed by atoms with Crippen LogP contribution < -0.4 is 0 Å². The molecule has 1 N–H and O–H groups in total. The summed E-state index contributed by atoms with van der Waals surface area (Å²) in [5.74, 6) is -1.00. The number of hydrogen-bond acceptors (Lipinski definition) is 3. The van der Waals surface area contributed by atoms with Crippen molar-refractivity contribution in [2.45, 2.75) is 37.7 Å². The lowest BCUT2D eigenvalue weighted by Gasteiger charge is -2.25. The molecule has 3 aromatic rings. The molecule has 3 nitrogen and oxygen atoms in total. The first kappa shape index (κ1) is 16.9. The summed E-state index contributed by atoms with van der Waals surface area (Å²) in [6.07, 6.45) is 4.90. The molecule has 0 spiro atoms. The van der Waals surface area contributed by atoms with E-state index in [0.717, 1.165) is 31.2 Å². The monoisotopic (exact) mass is 355 g/mol. The van der Waals surface area contributed by atoms with Gasteiger partial charge in [-0.2, -0.15) is 0 Å². The van der Waals surface area contributed by atoms with Gasteiger partial charge in [0.2, 0.25) is 5.89 Å². The highest BCUT2D eigenvalue weighted by atomic mass is 19.1. The minimum atomic E-state index is -0.701. The van der Waals surface area contributed by atoms with Crippen molar-refractivity contribution in [3.8, 4) is 22.7 Å². The fraction of sp³-hybridized carbons (Fsp3) is 0.286. The van der Waals surface area contributed by atoms with E-state index in [1.165, 1.54) is 30.0 Å². The lowest BCUT2D eigenvalue weighted by Crippen LogP contribution is -2.16. The molecule has 0 saturated heterocycles. The van der Waals surface area contributed by atoms with Gasteiger partial charge in [0.25, 0.3) is 0 Å². The second kappa shape index (κ2) is 7.00. The molecule has 1 saturated carbocycles. The predicted molar refractivity (Wildman–Crippen MR) is 94.5 cm³/mol. The molecular weight excluding hydrogens is 336 g/mol. The summed E-state index contributed by atoms with van der Waals surface area (Å²) in [6.45, 7) is 0. The molecular formula is C21H19F2NO2. The smallest absolute Gasteiger partial charge is 0.232 e. The van der Waals surface area contributed by atoms with Crippen LogP contribution in [0.1, 0.15) is 37.2 Å². The van der Waals surface area contributed by atoms with Crippen LogP contribution in [0.15, 0.2) is 53.1 Å². The SMILES string of the molecule is OC1CCC(c2ccc(-c3coc(-c4c(F)cccc4F)n3)cc2)CC1. The summed E-state index contributed by atoms with van der Waals surface area (Å²) in [6, 6.07) is 11.7. The zero-order chi connectivity index (χ0) is 18.1. The maximum atomic E-state index is 13.9. The number of hydrogen-bond donors (Lipinski definition) is 1. The van der Waals surface area contributed by atoms with Crippen molar-refractivity contribution >= 4 is 0 Å². The summed E-state index contributed by atoms with van der Waals surface area (Å²) in [4.78, 5) is 4.24. The number of aliphatic hydroxyl groups excluding tert-OH is 1. The lowest BCUT2D eigenvalue weighted by atomic mass is 9.82. The van der Waals surface area contributed by atoms with E-state index < -0.39 is 11.6 Å². The summed E-state index contributed by atoms with van der Waals surface area (Å²) >= 11 is 0. The van der Waals surface area contributed by atoms with Crippen LogP contribution in [0.3, 0.4) is 0 Å². The van der Waals surface area contributed by atoms with Crippen LogP contribution in [0.2, 0.25) is 0 Å². The molecule has 1 aliphatic carbocycles. The van der Waals surface area contributed by atoms with E-state index in [-0.39, 0.29) is 17.6 Å². The highest BCUT2D eigenvalue weighted by molar-refractivity contribution is 5.63. The van der Waals surface area contributed by atoms with Gasteiger partial charge in [-0.25, -0.2) is 13.8 Å². The van der Waals surface area contributed by atoms with Crippen LogP contribution in [0.5, 0.6) is 0 Å². The summed E-state index contributed by atoms with van der Waals surface area (Å²) in [7, 11) is 0. The Labute approximate surface area is 150 Å². The zero-order valence-corrected chi connectivity index (χ0v) is 14.2. The Morgan fingerprint density at radius 3 is 2.23 bits per heavy atom. The van der Waals surface area contributed by atoms with Crippen LogP contribution in [-0.4, -0.2) is 16.2 Å². The number of halogens is 2. The maximum Gasteiger partial charge on any atom is 0.232 e. The molecule has 1 heterocycles. The van der Waals surface area contributed by atoms with E-state index in [4.69, 9.17) is 4.42 Å². The van der Waals surface area contributed by atoms with Crippen LogP contribution >= 0.6 is 0 Å². The number of nitrogens with zero attached hydrogens (tertiary/aromatic N) is 1. The van der Waals surface area contributed by atoms with Gasteiger partial charge in [-0.15, -0.1) is 0 Å². The average molecular weight is 355 g/mol. The van der Waals surface area contributed by atoms with Gasteiger partial charge in [0.1, 0.15) is 29.2 Å². The van der Waals surface area contributed by atoms with E-state index in [0.29, 0.717) is 11.6 Å². The Kier molecular flexibility index (Phi) is 4.55. The Bertz CT molecular complexity index is 876. The van der Waals surface area contributed by atoms with Crippen molar-refractivity contribution < 1.29 is 18.3 Å². The Morgan fingerprint density at radius 2 is 1.58 bits per heavy atom. The third-order valence-electron chi connectivity index (χ3n) is 5.06. The van der Waals surface area contributed by atoms with Crippen molar-refractivity contribution in [1.82, 2.24) is 4.98 Å². The molecule has 0 amide bonds. The topological polar surface area (TPSA) is 46.3 Å². The normalized spacial score (nSPS) is 20.3. The minimum Gasteiger partial charge on any atom is -0.444 e. The first-order valence-corrected chi connectivity index (χ1v) is 8.80. The molecule has 5 heteroatoms. The molecule has 2 aromatic carbocycles. The minimum absolute atomic E-state index is 0.0686. The molecule has 0 bridgehead atoms. The number of oxazole rings is 1. The lowest BCUT2D eigenvalue weighted by molar-refractivity contribution is 0.122. The van der Waals surface area contributed by atoms with Gasteiger partial charge in [-0.3, -0.25) is 0 Å². The fourth-order valence-electron chi connectivity index (χ4n) is 3.56. The van der Waals surface area contributed by atoms with E-state index in [1.54, 1.807) is 0 Å². The Balaban J connectivity index is 1.56. The van der Waals surface area contributed by atoms with Gasteiger partial charge in [0.05, 0.1) is 6.10 Å². The van der Waals surface area contributed by atoms with Crippen molar-refractivity contribution in [3.05, 3.63) is 65.9 Å². The average Bonchev–Trinajstić information content (AvgIpc) is 3.12. The van der Waals surface area contributed by atoms with Crippen LogP contribution in [0.4, 0.5) is 8.78 Å². The van der Waals surface area contributed by atoms with Gasteiger partial charge in [0, 0.05) is 5.56 Å². The Morgan fingerprint density at radius 1 is 0.923 bits per heavy atom. The van der Waals surface area contributed by atoms with Gasteiger partial charge in [0.15, 0.2) is 0 Å². The van der Waals surface area contributed by atoms with Gasteiger partial charge in [-0.05, 0) is 49.3 Å². The third kappa shape index (κ3) is 3.27. The summed E-state index contributed by atoms with van der Waals surface area (Å²) in [5, 5.41) is 9.63. The number of aliphatic hydroxyl groups is 1. The molecule has 1 fully saturated rings. The van der Waals surface area contributed by atoms with E-state index in [9.17, 15) is 13.9 Å². The van der Waals surface area contributed by atoms with E-state index >= 15 is 0 Å². The van der Waals surface area contributed by atoms with E-state index in [2.05, 4.69) is 17.1 Å². The first-order chi connectivity index (χ1) is 12.6. The molecule has 1 aromatic heterocycles. The number of aromatic nitrogens is 1. The second-order valence-electron chi connectivity index (χ2n) is 6.76. The molecule has 0 unspecified atom stereocenters. The van der Waals surface area contributed by atoms with Gasteiger partial charge in [-0.1, -0.05) is 30.3 Å². The maximum absolute atomic E-state index is 13.9. The fourth-order valence-corrected chi connectivity index (χ4v) is 3.56. The summed E-state index contributed by atoms with van der Waals surface area (Å²) in [5.41, 5.74) is 2.35. The number of benzene rings is 2. The van der Waals surface area contributed by atoms with Crippen molar-refractivity contribution in [1.29, 1.82) is 0 Å². The van der Waals surface area contributed by atoms with Crippen molar-refractivity contribution in [2.24, 2.45) is 0 Å². The van der Waals surface area contributed by atoms with Gasteiger partial charge >= 0.3 is 0 Å². The standard InChI is InChI=1S/C21H19F2NO2/c22-17-2-1-3-18(23)20(17)21-24-19(12-26-21)15-6-4-13(5-7-15)14-8-10-16(25)11-9-14/h1-7,12,14,16,25H,8-11H2.